The molecule has 0 aliphatic heterocycles. The average Bonchev–Trinajstić information content (AvgIpc) is 2.14. The summed E-state index contributed by atoms with van der Waals surface area (Å²) in [5, 5.41) is 0. The quantitative estimate of drug-likeness (QED) is 0.776. The molecular formula is C9H6BrF6N. The molecule has 0 aliphatic carbocycles. The van der Waals surface area contributed by atoms with E-state index in [9.17, 15) is 26.3 Å². The van der Waals surface area contributed by atoms with E-state index in [4.69, 9.17) is 5.73 Å². The standard InChI is InChI=1S/C9H6BrF6N/c10-6-2-1-4(8(11,12)13)3-5(6)7(17)9(14,15)16/h1-3,7H,17H2. The number of nitrogens with two attached hydrogens (primary N) is 1. The Hall–Kier alpha value is -0.760. The highest BCUT2D eigenvalue weighted by Gasteiger charge is 2.40. The molecule has 0 saturated heterocycles. The van der Waals surface area contributed by atoms with Crippen molar-refractivity contribution in [2.45, 2.75) is 18.4 Å². The van der Waals surface area contributed by atoms with Gasteiger partial charge in [0.2, 0.25) is 0 Å². The van der Waals surface area contributed by atoms with Crippen LogP contribution < -0.4 is 5.73 Å². The van der Waals surface area contributed by atoms with E-state index in [-0.39, 0.29) is 4.47 Å². The van der Waals surface area contributed by atoms with Crippen molar-refractivity contribution in [3.8, 4) is 0 Å². The first-order valence-electron chi connectivity index (χ1n) is 4.22. The summed E-state index contributed by atoms with van der Waals surface area (Å²) >= 11 is 2.74. The summed E-state index contributed by atoms with van der Waals surface area (Å²) in [5.74, 6) is 0. The van der Waals surface area contributed by atoms with Gasteiger partial charge in [-0.05, 0) is 23.8 Å². The lowest BCUT2D eigenvalue weighted by molar-refractivity contribution is -0.150. The summed E-state index contributed by atoms with van der Waals surface area (Å²) in [6.07, 6.45) is -9.51. The topological polar surface area (TPSA) is 26.0 Å². The third-order valence-electron chi connectivity index (χ3n) is 2.01. The van der Waals surface area contributed by atoms with Crippen LogP contribution in [0.4, 0.5) is 26.3 Å². The Labute approximate surface area is 101 Å². The van der Waals surface area contributed by atoms with E-state index in [2.05, 4.69) is 15.9 Å². The highest BCUT2D eigenvalue weighted by atomic mass is 79.9. The Morgan fingerprint density at radius 3 is 2.00 bits per heavy atom. The Kier molecular flexibility index (Phi) is 3.78. The fraction of sp³-hybridized carbons (Fsp3) is 0.333. The van der Waals surface area contributed by atoms with Crippen LogP contribution in [0.1, 0.15) is 17.2 Å². The van der Waals surface area contributed by atoms with E-state index < -0.39 is 29.5 Å². The second-order valence-electron chi connectivity index (χ2n) is 3.25. The normalized spacial score (nSPS) is 14.8. The van der Waals surface area contributed by atoms with E-state index >= 15 is 0 Å². The van der Waals surface area contributed by atoms with Crippen LogP contribution in [-0.2, 0) is 6.18 Å². The van der Waals surface area contributed by atoms with Gasteiger partial charge in [0.05, 0.1) is 5.56 Å². The molecule has 1 unspecified atom stereocenters. The van der Waals surface area contributed by atoms with Crippen LogP contribution >= 0.6 is 15.9 Å². The van der Waals surface area contributed by atoms with Crippen LogP contribution in [0.5, 0.6) is 0 Å². The Morgan fingerprint density at radius 1 is 1.06 bits per heavy atom. The maximum Gasteiger partial charge on any atom is 0.416 e. The summed E-state index contributed by atoms with van der Waals surface area (Å²) < 4.78 is 73.8. The predicted molar refractivity (Wildman–Crippen MR) is 52.1 cm³/mol. The molecule has 0 bridgehead atoms. The molecule has 0 aromatic heterocycles. The summed E-state index contributed by atoms with van der Waals surface area (Å²) in [6.45, 7) is 0. The summed E-state index contributed by atoms with van der Waals surface area (Å²) in [6, 6.07) is -0.498. The third-order valence-corrected chi connectivity index (χ3v) is 2.73. The van der Waals surface area contributed by atoms with Gasteiger partial charge >= 0.3 is 12.4 Å². The molecule has 0 spiro atoms. The highest BCUT2D eigenvalue weighted by Crippen LogP contribution is 2.38. The van der Waals surface area contributed by atoms with Gasteiger partial charge in [0, 0.05) is 4.47 Å². The van der Waals surface area contributed by atoms with E-state index in [0.29, 0.717) is 12.1 Å². The maximum atomic E-state index is 12.3. The number of alkyl halides is 6. The van der Waals surface area contributed by atoms with Crippen molar-refractivity contribution in [1.82, 2.24) is 0 Å². The highest BCUT2D eigenvalue weighted by molar-refractivity contribution is 9.10. The number of halogens is 7. The Morgan fingerprint density at radius 2 is 1.59 bits per heavy atom. The molecule has 1 nitrogen and oxygen atoms in total. The lowest BCUT2D eigenvalue weighted by Gasteiger charge is -2.18. The van der Waals surface area contributed by atoms with Gasteiger partial charge < -0.3 is 5.73 Å². The summed E-state index contributed by atoms with van der Waals surface area (Å²) in [5.41, 5.74) is 3.05. The average molecular weight is 322 g/mol. The fourth-order valence-corrected chi connectivity index (χ4v) is 1.63. The molecule has 1 rings (SSSR count). The zero-order chi connectivity index (χ0) is 13.4. The minimum atomic E-state index is -4.80. The SMILES string of the molecule is NC(c1cc(C(F)(F)F)ccc1Br)C(F)(F)F. The van der Waals surface area contributed by atoms with E-state index in [1.165, 1.54) is 0 Å². The van der Waals surface area contributed by atoms with Gasteiger partial charge in [-0.15, -0.1) is 0 Å². The lowest BCUT2D eigenvalue weighted by atomic mass is 10.0. The fourth-order valence-electron chi connectivity index (χ4n) is 1.13. The largest absolute Gasteiger partial charge is 0.416 e. The lowest BCUT2D eigenvalue weighted by Crippen LogP contribution is -2.29. The van der Waals surface area contributed by atoms with Gasteiger partial charge in [-0.25, -0.2) is 0 Å². The molecule has 8 heteroatoms. The molecule has 2 N–H and O–H groups in total. The van der Waals surface area contributed by atoms with Crippen LogP contribution in [0.25, 0.3) is 0 Å². The Balaban J connectivity index is 3.25. The van der Waals surface area contributed by atoms with Crippen molar-refractivity contribution in [3.05, 3.63) is 33.8 Å². The van der Waals surface area contributed by atoms with Gasteiger partial charge in [-0.1, -0.05) is 15.9 Å². The van der Waals surface area contributed by atoms with Crippen LogP contribution in [-0.4, -0.2) is 6.18 Å². The van der Waals surface area contributed by atoms with Crippen molar-refractivity contribution >= 4 is 15.9 Å². The molecule has 0 amide bonds. The number of hydrogen-bond donors (Lipinski definition) is 1. The molecule has 0 aliphatic rings. The molecular weight excluding hydrogens is 316 g/mol. The van der Waals surface area contributed by atoms with Crippen LogP contribution in [0, 0.1) is 0 Å². The summed E-state index contributed by atoms with van der Waals surface area (Å²) in [4.78, 5) is 0. The first-order chi connectivity index (χ1) is 7.53. The van der Waals surface area contributed by atoms with Crippen molar-refractivity contribution in [3.63, 3.8) is 0 Å². The van der Waals surface area contributed by atoms with Crippen molar-refractivity contribution < 1.29 is 26.3 Å². The molecule has 0 heterocycles. The second kappa shape index (κ2) is 4.49. The maximum absolute atomic E-state index is 12.3. The van der Waals surface area contributed by atoms with Crippen LogP contribution in [0.2, 0.25) is 0 Å². The Bertz CT molecular complexity index is 411. The smallest absolute Gasteiger partial charge is 0.316 e. The van der Waals surface area contributed by atoms with E-state index in [1.807, 2.05) is 0 Å². The molecule has 0 saturated carbocycles. The van der Waals surface area contributed by atoms with Gasteiger partial charge in [0.25, 0.3) is 0 Å². The predicted octanol–water partition coefficient (Wildman–Crippen LogP) is 4.03. The molecule has 0 fully saturated rings. The second-order valence-corrected chi connectivity index (χ2v) is 4.11. The molecule has 17 heavy (non-hydrogen) atoms. The number of rotatable bonds is 1. The number of benzene rings is 1. The van der Waals surface area contributed by atoms with Crippen molar-refractivity contribution in [2.75, 3.05) is 0 Å². The molecule has 1 aromatic rings. The summed E-state index contributed by atoms with van der Waals surface area (Å²) in [7, 11) is 0. The zero-order valence-electron chi connectivity index (χ0n) is 8.03. The van der Waals surface area contributed by atoms with Crippen LogP contribution in [0.15, 0.2) is 22.7 Å². The van der Waals surface area contributed by atoms with Crippen molar-refractivity contribution in [1.29, 1.82) is 0 Å². The molecule has 1 aromatic carbocycles. The minimum Gasteiger partial charge on any atom is -0.316 e. The van der Waals surface area contributed by atoms with E-state index in [0.717, 1.165) is 6.07 Å². The molecule has 96 valence electrons. The van der Waals surface area contributed by atoms with Crippen LogP contribution in [0.3, 0.4) is 0 Å². The minimum absolute atomic E-state index is 0.115. The van der Waals surface area contributed by atoms with Gasteiger partial charge in [0.1, 0.15) is 6.04 Å². The monoisotopic (exact) mass is 321 g/mol. The van der Waals surface area contributed by atoms with Gasteiger partial charge in [0.15, 0.2) is 0 Å². The third kappa shape index (κ3) is 3.35. The van der Waals surface area contributed by atoms with E-state index in [1.54, 1.807) is 0 Å². The zero-order valence-corrected chi connectivity index (χ0v) is 9.62. The van der Waals surface area contributed by atoms with Gasteiger partial charge in [-0.3, -0.25) is 0 Å². The van der Waals surface area contributed by atoms with Gasteiger partial charge in [-0.2, -0.15) is 26.3 Å². The molecule has 0 radical (unpaired) electrons. The van der Waals surface area contributed by atoms with Crippen molar-refractivity contribution in [2.24, 2.45) is 5.73 Å². The first-order valence-corrected chi connectivity index (χ1v) is 5.01. The first kappa shape index (κ1) is 14.3. The molecule has 1 atom stereocenters. The number of hydrogen-bond acceptors (Lipinski definition) is 1.